The van der Waals surface area contributed by atoms with Crippen LogP contribution in [0.25, 0.3) is 11.0 Å². The number of rotatable bonds is 5. The molecule has 0 radical (unpaired) electrons. The van der Waals surface area contributed by atoms with Crippen molar-refractivity contribution < 1.29 is 9.59 Å². The number of nitrogens with one attached hydrogen (secondary N) is 4. The molecule has 0 spiro atoms. The molecule has 32 heavy (non-hydrogen) atoms. The van der Waals surface area contributed by atoms with Gasteiger partial charge in [0.1, 0.15) is 6.04 Å². The van der Waals surface area contributed by atoms with Gasteiger partial charge in [-0.05, 0) is 37.8 Å². The van der Waals surface area contributed by atoms with Crippen molar-refractivity contribution in [1.29, 1.82) is 0 Å². The zero-order valence-electron chi connectivity index (χ0n) is 18.7. The Kier molecular flexibility index (Phi) is 6.20. The van der Waals surface area contributed by atoms with Crippen molar-refractivity contribution >= 4 is 22.8 Å². The average Bonchev–Trinajstić information content (AvgIpc) is 3.44. The Balaban J connectivity index is 1.47. The predicted molar refractivity (Wildman–Crippen MR) is 121 cm³/mol. The van der Waals surface area contributed by atoms with Crippen LogP contribution in [0.1, 0.15) is 73.7 Å². The third kappa shape index (κ3) is 4.35. The lowest BCUT2D eigenvalue weighted by Gasteiger charge is -2.14. The van der Waals surface area contributed by atoms with Crippen LogP contribution in [-0.2, 0) is 4.79 Å². The van der Waals surface area contributed by atoms with E-state index in [1.807, 2.05) is 58.0 Å². The van der Waals surface area contributed by atoms with Crippen LogP contribution >= 0.6 is 0 Å². The van der Waals surface area contributed by atoms with Gasteiger partial charge in [-0.25, -0.2) is 20.5 Å². The molecular formula is C23H29N7O2. The van der Waals surface area contributed by atoms with E-state index in [2.05, 4.69) is 26.8 Å². The minimum atomic E-state index is -0.465. The zero-order chi connectivity index (χ0) is 22.8. The van der Waals surface area contributed by atoms with Crippen LogP contribution in [0.5, 0.6) is 0 Å². The first-order valence-electron chi connectivity index (χ1n) is 10.9. The molecular weight excluding hydrogens is 406 g/mol. The molecule has 3 heterocycles. The Morgan fingerprint density at radius 3 is 2.53 bits per heavy atom. The molecule has 0 saturated carbocycles. The SMILES string of the molecule is CC(C)c1cc(C(=O)NNC(=O)C2CC(c3ccccc3)NN2)c2cnn(C(C)C)c2n1. The lowest BCUT2D eigenvalue weighted by molar-refractivity contribution is -0.123. The minimum absolute atomic E-state index is 0.0259. The average molecular weight is 436 g/mol. The molecule has 1 fully saturated rings. The molecule has 4 N–H and O–H groups in total. The number of nitrogens with zero attached hydrogens (tertiary/aromatic N) is 3. The van der Waals surface area contributed by atoms with E-state index in [1.165, 1.54) is 0 Å². The van der Waals surface area contributed by atoms with Crippen molar-refractivity contribution in [2.75, 3.05) is 0 Å². The van der Waals surface area contributed by atoms with Crippen LogP contribution in [0, 0.1) is 0 Å². The number of benzene rings is 1. The Labute approximate surface area is 186 Å². The molecule has 2 atom stereocenters. The van der Waals surface area contributed by atoms with E-state index in [1.54, 1.807) is 16.9 Å². The highest BCUT2D eigenvalue weighted by Gasteiger charge is 2.30. The smallest absolute Gasteiger partial charge is 0.270 e. The number of hydrogen-bond donors (Lipinski definition) is 4. The third-order valence-corrected chi connectivity index (χ3v) is 5.63. The molecule has 9 heteroatoms. The molecule has 9 nitrogen and oxygen atoms in total. The van der Waals surface area contributed by atoms with Gasteiger partial charge in [0.2, 0.25) is 0 Å². The van der Waals surface area contributed by atoms with Crippen molar-refractivity contribution in [2.45, 2.75) is 58.2 Å². The largest absolute Gasteiger partial charge is 0.271 e. The van der Waals surface area contributed by atoms with E-state index in [0.717, 1.165) is 11.3 Å². The van der Waals surface area contributed by atoms with Gasteiger partial charge in [0.05, 0.1) is 17.1 Å². The van der Waals surface area contributed by atoms with Crippen molar-refractivity contribution in [3.8, 4) is 0 Å². The van der Waals surface area contributed by atoms with Crippen LogP contribution in [0.4, 0.5) is 0 Å². The van der Waals surface area contributed by atoms with Crippen LogP contribution in [0.3, 0.4) is 0 Å². The minimum Gasteiger partial charge on any atom is -0.271 e. The first-order chi connectivity index (χ1) is 15.3. The summed E-state index contributed by atoms with van der Waals surface area (Å²) in [6, 6.07) is 11.3. The summed E-state index contributed by atoms with van der Waals surface area (Å²) >= 11 is 0. The van der Waals surface area contributed by atoms with Crippen molar-refractivity contribution in [3.05, 3.63) is 59.4 Å². The van der Waals surface area contributed by atoms with Crippen molar-refractivity contribution in [2.24, 2.45) is 0 Å². The third-order valence-electron chi connectivity index (χ3n) is 5.63. The van der Waals surface area contributed by atoms with Gasteiger partial charge in [-0.15, -0.1) is 0 Å². The Bertz CT molecular complexity index is 1120. The quantitative estimate of drug-likeness (QED) is 0.458. The highest BCUT2D eigenvalue weighted by Crippen LogP contribution is 2.24. The van der Waals surface area contributed by atoms with Gasteiger partial charge in [-0.3, -0.25) is 20.4 Å². The first kappa shape index (κ1) is 21.9. The second-order valence-electron chi connectivity index (χ2n) is 8.65. The highest BCUT2D eigenvalue weighted by molar-refractivity contribution is 6.06. The van der Waals surface area contributed by atoms with Gasteiger partial charge in [0.15, 0.2) is 5.65 Å². The Morgan fingerprint density at radius 2 is 1.84 bits per heavy atom. The fourth-order valence-corrected chi connectivity index (χ4v) is 3.80. The van der Waals surface area contributed by atoms with Crippen LogP contribution < -0.4 is 21.7 Å². The monoisotopic (exact) mass is 435 g/mol. The maximum Gasteiger partial charge on any atom is 0.270 e. The summed E-state index contributed by atoms with van der Waals surface area (Å²) in [5, 5.41) is 5.05. The fourth-order valence-electron chi connectivity index (χ4n) is 3.80. The summed E-state index contributed by atoms with van der Waals surface area (Å²) in [7, 11) is 0. The molecule has 168 valence electrons. The van der Waals surface area contributed by atoms with Gasteiger partial charge in [0.25, 0.3) is 11.8 Å². The summed E-state index contributed by atoms with van der Waals surface area (Å²) in [5.41, 5.74) is 14.2. The van der Waals surface area contributed by atoms with E-state index in [0.29, 0.717) is 23.0 Å². The standard InChI is InChI=1S/C23H29N7O2/c1-13(2)18-10-16(17-12-24-30(14(3)4)21(17)25-18)22(31)28-29-23(32)20-11-19(26-27-20)15-8-6-5-7-9-15/h5-10,12-14,19-20,26-27H,11H2,1-4H3,(H,28,31)(H,29,32). The lowest BCUT2D eigenvalue weighted by atomic mass is 10.0. The number of carbonyl (C=O) groups excluding carboxylic acids is 2. The van der Waals surface area contributed by atoms with E-state index < -0.39 is 11.9 Å². The Morgan fingerprint density at radius 1 is 1.09 bits per heavy atom. The second-order valence-corrected chi connectivity index (χ2v) is 8.65. The fraction of sp³-hybridized carbons (Fsp3) is 0.391. The van der Waals surface area contributed by atoms with Gasteiger partial charge < -0.3 is 0 Å². The van der Waals surface area contributed by atoms with Gasteiger partial charge in [-0.2, -0.15) is 5.10 Å². The van der Waals surface area contributed by atoms with Crippen LogP contribution in [0.2, 0.25) is 0 Å². The number of amides is 2. The van der Waals surface area contributed by atoms with E-state index in [4.69, 9.17) is 4.98 Å². The number of hydrogen-bond acceptors (Lipinski definition) is 6. The molecule has 2 aromatic heterocycles. The van der Waals surface area contributed by atoms with E-state index >= 15 is 0 Å². The van der Waals surface area contributed by atoms with Gasteiger partial charge in [-0.1, -0.05) is 44.2 Å². The van der Waals surface area contributed by atoms with Crippen molar-refractivity contribution in [3.63, 3.8) is 0 Å². The summed E-state index contributed by atoms with van der Waals surface area (Å²) in [5.74, 6) is -0.571. The number of hydrazine groups is 2. The summed E-state index contributed by atoms with van der Waals surface area (Å²) in [6.07, 6.45) is 2.22. The molecule has 3 aromatic rings. The summed E-state index contributed by atoms with van der Waals surface area (Å²) in [6.45, 7) is 8.08. The van der Waals surface area contributed by atoms with Gasteiger partial charge >= 0.3 is 0 Å². The molecule has 2 amide bonds. The number of carbonyl (C=O) groups is 2. The zero-order valence-corrected chi connectivity index (χ0v) is 18.7. The predicted octanol–water partition coefficient (Wildman–Crippen LogP) is 2.50. The highest BCUT2D eigenvalue weighted by atomic mass is 16.2. The molecule has 1 aliphatic rings. The second kappa shape index (κ2) is 9.05. The van der Waals surface area contributed by atoms with Crippen LogP contribution in [-0.4, -0.2) is 32.6 Å². The number of pyridine rings is 1. The first-order valence-corrected chi connectivity index (χ1v) is 10.9. The number of fused-ring (bicyclic) bond motifs is 1. The molecule has 0 aliphatic carbocycles. The van der Waals surface area contributed by atoms with Gasteiger partial charge in [0, 0.05) is 17.8 Å². The molecule has 1 saturated heterocycles. The lowest BCUT2D eigenvalue weighted by Crippen LogP contribution is -2.50. The molecule has 0 bridgehead atoms. The molecule has 4 rings (SSSR count). The molecule has 1 aromatic carbocycles. The summed E-state index contributed by atoms with van der Waals surface area (Å²) in [4.78, 5) is 30.3. The van der Waals surface area contributed by atoms with E-state index in [9.17, 15) is 9.59 Å². The normalized spacial score (nSPS) is 18.4. The molecule has 1 aliphatic heterocycles. The maximum atomic E-state index is 13.0. The van der Waals surface area contributed by atoms with E-state index in [-0.39, 0.29) is 23.9 Å². The topological polar surface area (TPSA) is 113 Å². The molecule has 2 unspecified atom stereocenters. The van der Waals surface area contributed by atoms with Crippen molar-refractivity contribution in [1.82, 2.24) is 36.5 Å². The maximum absolute atomic E-state index is 13.0. The summed E-state index contributed by atoms with van der Waals surface area (Å²) < 4.78 is 1.80. The number of aromatic nitrogens is 3. The Hall–Kier alpha value is -3.30. The van der Waals surface area contributed by atoms with Crippen LogP contribution in [0.15, 0.2) is 42.6 Å².